The topological polar surface area (TPSA) is 49.8 Å². The van der Waals surface area contributed by atoms with E-state index in [9.17, 15) is 9.18 Å². The maximum Gasteiger partial charge on any atom is 0.254 e. The predicted molar refractivity (Wildman–Crippen MR) is 63.9 cm³/mol. The summed E-state index contributed by atoms with van der Waals surface area (Å²) in [6, 6.07) is 4.18. The van der Waals surface area contributed by atoms with Crippen molar-refractivity contribution in [2.24, 2.45) is 0 Å². The molecule has 0 bridgehead atoms. The van der Waals surface area contributed by atoms with Gasteiger partial charge in [-0.1, -0.05) is 6.07 Å². The molecule has 1 unspecified atom stereocenters. The fourth-order valence-electron chi connectivity index (χ4n) is 2.01. The number of rotatable bonds is 2. The van der Waals surface area contributed by atoms with Gasteiger partial charge in [0, 0.05) is 18.7 Å². The number of morpholine rings is 1. The monoisotopic (exact) mass is 253 g/mol. The fourth-order valence-corrected chi connectivity index (χ4v) is 2.01. The Morgan fingerprint density at radius 1 is 1.61 bits per heavy atom. The van der Waals surface area contributed by atoms with Crippen molar-refractivity contribution in [3.05, 3.63) is 35.1 Å². The molecule has 1 fully saturated rings. The quantitative estimate of drug-likeness (QED) is 0.854. The number of aliphatic hydroxyl groups is 1. The van der Waals surface area contributed by atoms with Crippen molar-refractivity contribution in [3.8, 4) is 0 Å². The molecular formula is C13H16FNO3. The van der Waals surface area contributed by atoms with Crippen LogP contribution in [-0.2, 0) is 4.74 Å². The van der Waals surface area contributed by atoms with Crippen LogP contribution in [0.3, 0.4) is 0 Å². The van der Waals surface area contributed by atoms with E-state index in [1.54, 1.807) is 17.9 Å². The first-order valence-electron chi connectivity index (χ1n) is 5.89. The molecule has 0 aliphatic carbocycles. The molecule has 2 rings (SSSR count). The number of nitrogens with zero attached hydrogens (tertiary/aromatic N) is 1. The number of hydrogen-bond donors (Lipinski definition) is 1. The van der Waals surface area contributed by atoms with Crippen LogP contribution in [0.4, 0.5) is 4.39 Å². The third kappa shape index (κ3) is 2.68. The molecule has 1 N–H and O–H groups in total. The Bertz CT molecular complexity index is 450. The van der Waals surface area contributed by atoms with Gasteiger partial charge in [0.2, 0.25) is 0 Å². The zero-order chi connectivity index (χ0) is 13.1. The zero-order valence-electron chi connectivity index (χ0n) is 10.2. The summed E-state index contributed by atoms with van der Waals surface area (Å²) in [6.07, 6.45) is -0.350. The first kappa shape index (κ1) is 13.0. The van der Waals surface area contributed by atoms with Crippen LogP contribution in [0.5, 0.6) is 0 Å². The van der Waals surface area contributed by atoms with E-state index in [1.807, 2.05) is 0 Å². The third-order valence-electron chi connectivity index (χ3n) is 3.06. The number of ether oxygens (including phenoxy) is 1. The number of aliphatic hydroxyl groups excluding tert-OH is 1. The van der Waals surface area contributed by atoms with Gasteiger partial charge in [-0.15, -0.1) is 0 Å². The van der Waals surface area contributed by atoms with E-state index in [2.05, 4.69) is 0 Å². The summed E-state index contributed by atoms with van der Waals surface area (Å²) in [4.78, 5) is 13.8. The SMILES string of the molecule is Cc1ccc(F)cc1C(=O)N1CCOC(CO)C1. The van der Waals surface area contributed by atoms with E-state index in [0.29, 0.717) is 25.3 Å². The van der Waals surface area contributed by atoms with Crippen LogP contribution in [0.2, 0.25) is 0 Å². The standard InChI is InChI=1S/C13H16FNO3/c1-9-2-3-10(14)6-12(9)13(17)15-4-5-18-11(7-15)8-16/h2-3,6,11,16H,4-5,7-8H2,1H3. The van der Waals surface area contributed by atoms with Crippen molar-refractivity contribution < 1.29 is 19.0 Å². The van der Waals surface area contributed by atoms with Crippen LogP contribution >= 0.6 is 0 Å². The largest absolute Gasteiger partial charge is 0.394 e. The van der Waals surface area contributed by atoms with E-state index in [4.69, 9.17) is 9.84 Å². The summed E-state index contributed by atoms with van der Waals surface area (Å²) in [5, 5.41) is 9.04. The summed E-state index contributed by atoms with van der Waals surface area (Å²) < 4.78 is 18.5. The van der Waals surface area contributed by atoms with Crippen molar-refractivity contribution in [1.29, 1.82) is 0 Å². The minimum absolute atomic E-state index is 0.119. The molecule has 18 heavy (non-hydrogen) atoms. The van der Waals surface area contributed by atoms with Crippen molar-refractivity contribution in [2.45, 2.75) is 13.0 Å². The summed E-state index contributed by atoms with van der Waals surface area (Å²) in [5.41, 5.74) is 1.11. The van der Waals surface area contributed by atoms with Crippen LogP contribution in [-0.4, -0.2) is 48.3 Å². The van der Waals surface area contributed by atoms with Gasteiger partial charge >= 0.3 is 0 Å². The number of amides is 1. The minimum atomic E-state index is -0.420. The summed E-state index contributed by atoms with van der Waals surface area (Å²) >= 11 is 0. The molecule has 1 amide bonds. The smallest absolute Gasteiger partial charge is 0.254 e. The highest BCUT2D eigenvalue weighted by molar-refractivity contribution is 5.95. The van der Waals surface area contributed by atoms with E-state index >= 15 is 0 Å². The molecular weight excluding hydrogens is 237 g/mol. The highest BCUT2D eigenvalue weighted by Gasteiger charge is 2.25. The number of carbonyl (C=O) groups excluding carboxylic acids is 1. The second kappa shape index (κ2) is 5.46. The molecule has 1 aromatic carbocycles. The van der Waals surface area contributed by atoms with E-state index in [0.717, 1.165) is 5.56 Å². The lowest BCUT2D eigenvalue weighted by atomic mass is 10.1. The number of hydrogen-bond acceptors (Lipinski definition) is 3. The molecule has 1 aliphatic rings. The van der Waals surface area contributed by atoms with E-state index in [1.165, 1.54) is 12.1 Å². The normalized spacial score (nSPS) is 19.9. The lowest BCUT2D eigenvalue weighted by Crippen LogP contribution is -2.47. The average molecular weight is 253 g/mol. The van der Waals surface area contributed by atoms with Crippen LogP contribution < -0.4 is 0 Å². The molecule has 98 valence electrons. The fraction of sp³-hybridized carbons (Fsp3) is 0.462. The summed E-state index contributed by atoms with van der Waals surface area (Å²) in [7, 11) is 0. The lowest BCUT2D eigenvalue weighted by Gasteiger charge is -2.32. The molecule has 0 radical (unpaired) electrons. The highest BCUT2D eigenvalue weighted by Crippen LogP contribution is 2.15. The molecule has 5 heteroatoms. The number of benzene rings is 1. The Morgan fingerprint density at radius 2 is 2.39 bits per heavy atom. The molecule has 0 saturated carbocycles. The Hall–Kier alpha value is -1.46. The van der Waals surface area contributed by atoms with Gasteiger partial charge in [-0.05, 0) is 24.6 Å². The van der Waals surface area contributed by atoms with Crippen LogP contribution in [0, 0.1) is 12.7 Å². The first-order valence-corrected chi connectivity index (χ1v) is 5.89. The van der Waals surface area contributed by atoms with Crippen LogP contribution in [0.1, 0.15) is 15.9 Å². The van der Waals surface area contributed by atoms with Crippen molar-refractivity contribution >= 4 is 5.91 Å². The van der Waals surface area contributed by atoms with Crippen molar-refractivity contribution in [2.75, 3.05) is 26.3 Å². The summed E-state index contributed by atoms with van der Waals surface area (Å²) in [5.74, 6) is -0.635. The second-order valence-electron chi connectivity index (χ2n) is 4.39. The van der Waals surface area contributed by atoms with E-state index < -0.39 is 5.82 Å². The molecule has 1 saturated heterocycles. The van der Waals surface area contributed by atoms with E-state index in [-0.39, 0.29) is 18.6 Å². The minimum Gasteiger partial charge on any atom is -0.394 e. The van der Waals surface area contributed by atoms with Gasteiger partial charge in [0.1, 0.15) is 5.82 Å². The van der Waals surface area contributed by atoms with Crippen molar-refractivity contribution in [1.82, 2.24) is 4.90 Å². The van der Waals surface area contributed by atoms with Gasteiger partial charge < -0.3 is 14.7 Å². The first-order chi connectivity index (χ1) is 8.61. The number of aryl methyl sites for hydroxylation is 1. The molecule has 4 nitrogen and oxygen atoms in total. The molecule has 1 aliphatic heterocycles. The van der Waals surface area contributed by atoms with Gasteiger partial charge in [0.15, 0.2) is 0 Å². The van der Waals surface area contributed by atoms with Crippen LogP contribution in [0.15, 0.2) is 18.2 Å². The summed E-state index contributed by atoms with van der Waals surface area (Å²) in [6.45, 7) is 2.85. The number of carbonyl (C=O) groups is 1. The molecule has 1 heterocycles. The van der Waals surface area contributed by atoms with Gasteiger partial charge in [0.05, 0.1) is 19.3 Å². The lowest BCUT2D eigenvalue weighted by molar-refractivity contribution is -0.0447. The molecule has 0 aromatic heterocycles. The molecule has 0 spiro atoms. The Labute approximate surface area is 105 Å². The second-order valence-corrected chi connectivity index (χ2v) is 4.39. The molecule has 1 atom stereocenters. The zero-order valence-corrected chi connectivity index (χ0v) is 10.2. The highest BCUT2D eigenvalue weighted by atomic mass is 19.1. The molecule has 1 aromatic rings. The Morgan fingerprint density at radius 3 is 3.11 bits per heavy atom. The maximum absolute atomic E-state index is 13.2. The van der Waals surface area contributed by atoms with Crippen molar-refractivity contribution in [3.63, 3.8) is 0 Å². The number of halogens is 1. The maximum atomic E-state index is 13.2. The third-order valence-corrected chi connectivity index (χ3v) is 3.06. The van der Waals surface area contributed by atoms with Gasteiger partial charge in [0.25, 0.3) is 5.91 Å². The van der Waals surface area contributed by atoms with Gasteiger partial charge in [-0.25, -0.2) is 4.39 Å². The predicted octanol–water partition coefficient (Wildman–Crippen LogP) is 0.967. The van der Waals surface area contributed by atoms with Crippen LogP contribution in [0.25, 0.3) is 0 Å². The Kier molecular flexibility index (Phi) is 3.93. The van der Waals surface area contributed by atoms with Gasteiger partial charge in [-0.3, -0.25) is 4.79 Å². The van der Waals surface area contributed by atoms with Gasteiger partial charge in [-0.2, -0.15) is 0 Å². The Balaban J connectivity index is 2.17. The average Bonchev–Trinajstić information content (AvgIpc) is 2.41.